The zero-order valence-corrected chi connectivity index (χ0v) is 16.2. The van der Waals surface area contributed by atoms with Gasteiger partial charge in [-0.2, -0.15) is 13.2 Å². The van der Waals surface area contributed by atoms with Crippen molar-refractivity contribution < 1.29 is 31.2 Å². The van der Waals surface area contributed by atoms with Gasteiger partial charge in [-0.05, 0) is 36.4 Å². The predicted octanol–water partition coefficient (Wildman–Crippen LogP) is 3.69. The standard InChI is InChI=1S/C16H8Cl2F3N3O4S/c17-9-1-3-10(4-2-9)29(27,28)24-14(25)13(23-15(24)26)6-12-11(18)5-8(7-22-12)16(19,20)21/h1-7H,(H,23,26)/b13-6-. The van der Waals surface area contributed by atoms with Crippen LogP contribution in [-0.4, -0.2) is 29.6 Å². The van der Waals surface area contributed by atoms with E-state index in [1.54, 1.807) is 0 Å². The molecule has 0 unspecified atom stereocenters. The number of urea groups is 1. The van der Waals surface area contributed by atoms with E-state index in [1.165, 1.54) is 12.1 Å². The monoisotopic (exact) mass is 465 g/mol. The number of imide groups is 1. The molecule has 3 amide bonds. The number of amides is 3. The first-order chi connectivity index (χ1) is 13.4. The topological polar surface area (TPSA) is 96.4 Å². The molecule has 0 spiro atoms. The third-order valence-electron chi connectivity index (χ3n) is 3.67. The van der Waals surface area contributed by atoms with Crippen molar-refractivity contribution in [3.63, 3.8) is 0 Å². The van der Waals surface area contributed by atoms with Crippen molar-refractivity contribution in [3.8, 4) is 0 Å². The van der Waals surface area contributed by atoms with E-state index in [0.29, 0.717) is 12.3 Å². The van der Waals surface area contributed by atoms with Gasteiger partial charge in [0, 0.05) is 11.2 Å². The molecule has 13 heteroatoms. The number of nitrogens with zero attached hydrogens (tertiary/aromatic N) is 2. The summed E-state index contributed by atoms with van der Waals surface area (Å²) in [6.45, 7) is 0. The Bertz CT molecular complexity index is 1150. The number of aromatic nitrogens is 1. The lowest BCUT2D eigenvalue weighted by Gasteiger charge is -2.12. The quantitative estimate of drug-likeness (QED) is 0.550. The lowest BCUT2D eigenvalue weighted by atomic mass is 10.2. The normalized spacial score (nSPS) is 16.4. The number of rotatable bonds is 3. The van der Waals surface area contributed by atoms with Gasteiger partial charge in [-0.1, -0.05) is 23.2 Å². The van der Waals surface area contributed by atoms with E-state index in [9.17, 15) is 31.2 Å². The van der Waals surface area contributed by atoms with Crippen LogP contribution in [0.25, 0.3) is 6.08 Å². The molecule has 0 bridgehead atoms. The summed E-state index contributed by atoms with van der Waals surface area (Å²) in [7, 11) is -4.55. The smallest absolute Gasteiger partial charge is 0.302 e. The van der Waals surface area contributed by atoms with Gasteiger partial charge >= 0.3 is 12.2 Å². The molecule has 0 saturated carbocycles. The van der Waals surface area contributed by atoms with Gasteiger partial charge < -0.3 is 5.32 Å². The maximum Gasteiger partial charge on any atom is 0.417 e. The zero-order chi connectivity index (χ0) is 21.6. The molecule has 1 N–H and O–H groups in total. The molecule has 1 aliphatic heterocycles. The van der Waals surface area contributed by atoms with Crippen molar-refractivity contribution in [1.29, 1.82) is 0 Å². The molecule has 29 heavy (non-hydrogen) atoms. The number of nitrogens with one attached hydrogen (secondary N) is 1. The minimum Gasteiger partial charge on any atom is -0.302 e. The third-order valence-corrected chi connectivity index (χ3v) is 5.91. The average Bonchev–Trinajstić information content (AvgIpc) is 2.90. The van der Waals surface area contributed by atoms with Crippen LogP contribution in [0.15, 0.2) is 47.1 Å². The van der Waals surface area contributed by atoms with Crippen molar-refractivity contribution in [1.82, 2.24) is 14.6 Å². The number of alkyl halides is 3. The first-order valence-corrected chi connectivity index (χ1v) is 9.71. The lowest BCUT2D eigenvalue weighted by molar-refractivity contribution is -0.137. The Morgan fingerprint density at radius 3 is 2.28 bits per heavy atom. The first kappa shape index (κ1) is 21.1. The fourth-order valence-corrected chi connectivity index (χ4v) is 3.91. The van der Waals surface area contributed by atoms with Crippen LogP contribution in [0.5, 0.6) is 0 Å². The Labute approximate surface area is 171 Å². The number of carbonyl (C=O) groups excluding carboxylic acids is 2. The Balaban J connectivity index is 1.96. The Kier molecular flexibility index (Phi) is 5.32. The van der Waals surface area contributed by atoms with Crippen LogP contribution in [0.4, 0.5) is 18.0 Å². The summed E-state index contributed by atoms with van der Waals surface area (Å²) >= 11 is 11.5. The van der Waals surface area contributed by atoms with E-state index < -0.39 is 44.4 Å². The molecule has 0 aliphatic carbocycles. The van der Waals surface area contributed by atoms with Crippen molar-refractivity contribution in [2.75, 3.05) is 0 Å². The number of hydrogen-bond acceptors (Lipinski definition) is 5. The summed E-state index contributed by atoms with van der Waals surface area (Å²) in [4.78, 5) is 27.7. The molecule has 0 radical (unpaired) electrons. The van der Waals surface area contributed by atoms with E-state index in [4.69, 9.17) is 23.2 Å². The van der Waals surface area contributed by atoms with Crippen LogP contribution in [0, 0.1) is 0 Å². The number of benzene rings is 1. The van der Waals surface area contributed by atoms with Crippen LogP contribution in [0.1, 0.15) is 11.3 Å². The highest BCUT2D eigenvalue weighted by atomic mass is 35.5. The van der Waals surface area contributed by atoms with Crippen molar-refractivity contribution in [3.05, 3.63) is 63.5 Å². The van der Waals surface area contributed by atoms with Crippen molar-refractivity contribution in [2.45, 2.75) is 11.1 Å². The maximum absolute atomic E-state index is 12.7. The molecule has 1 aromatic carbocycles. The van der Waals surface area contributed by atoms with Crippen LogP contribution in [0.3, 0.4) is 0 Å². The summed E-state index contributed by atoms with van der Waals surface area (Å²) < 4.78 is 63.2. The summed E-state index contributed by atoms with van der Waals surface area (Å²) in [6, 6.07) is 4.05. The molecule has 2 aromatic rings. The van der Waals surface area contributed by atoms with E-state index in [1.807, 2.05) is 5.32 Å². The highest BCUT2D eigenvalue weighted by molar-refractivity contribution is 7.90. The summed E-state index contributed by atoms with van der Waals surface area (Å²) in [5.41, 5.74) is -1.91. The summed E-state index contributed by atoms with van der Waals surface area (Å²) in [5, 5.41) is 1.82. The molecule has 7 nitrogen and oxygen atoms in total. The molecule has 1 fully saturated rings. The Morgan fingerprint density at radius 1 is 1.10 bits per heavy atom. The summed E-state index contributed by atoms with van der Waals surface area (Å²) in [6.07, 6.45) is -3.31. The van der Waals surface area contributed by atoms with E-state index in [2.05, 4.69) is 4.98 Å². The van der Waals surface area contributed by atoms with Gasteiger partial charge in [0.15, 0.2) is 0 Å². The second kappa shape index (κ2) is 7.32. The Hall–Kier alpha value is -2.63. The molecule has 0 atom stereocenters. The summed E-state index contributed by atoms with van der Waals surface area (Å²) in [5.74, 6) is -1.25. The minimum atomic E-state index is -4.68. The van der Waals surface area contributed by atoms with Crippen molar-refractivity contribution in [2.24, 2.45) is 0 Å². The molecular weight excluding hydrogens is 458 g/mol. The van der Waals surface area contributed by atoms with E-state index >= 15 is 0 Å². The van der Waals surface area contributed by atoms with Gasteiger partial charge in [-0.3, -0.25) is 9.78 Å². The number of carbonyl (C=O) groups is 2. The molecule has 1 aliphatic rings. The number of sulfonamides is 1. The van der Waals surface area contributed by atoms with Gasteiger partial charge in [0.2, 0.25) is 0 Å². The highest BCUT2D eigenvalue weighted by Gasteiger charge is 2.43. The minimum absolute atomic E-state index is 0.0138. The second-order valence-electron chi connectivity index (χ2n) is 5.61. The fourth-order valence-electron chi connectivity index (χ4n) is 2.30. The molecule has 3 rings (SSSR count). The second-order valence-corrected chi connectivity index (χ2v) is 8.24. The molecule has 152 valence electrons. The largest absolute Gasteiger partial charge is 0.417 e. The molecule has 2 heterocycles. The van der Waals surface area contributed by atoms with Gasteiger partial charge in [-0.15, -0.1) is 4.31 Å². The highest BCUT2D eigenvalue weighted by Crippen LogP contribution is 2.32. The van der Waals surface area contributed by atoms with Gasteiger partial charge in [-0.25, -0.2) is 13.2 Å². The first-order valence-electron chi connectivity index (χ1n) is 7.52. The van der Waals surface area contributed by atoms with Crippen molar-refractivity contribution >= 4 is 51.2 Å². The zero-order valence-electron chi connectivity index (χ0n) is 13.9. The van der Waals surface area contributed by atoms with Crippen LogP contribution in [-0.2, 0) is 21.0 Å². The SMILES string of the molecule is O=C1N/C(=C\c2ncc(C(F)(F)F)cc2Cl)C(=O)N1S(=O)(=O)c1ccc(Cl)cc1. The van der Waals surface area contributed by atoms with Crippen LogP contribution >= 0.6 is 23.2 Å². The van der Waals surface area contributed by atoms with Crippen LogP contribution < -0.4 is 5.32 Å². The van der Waals surface area contributed by atoms with Gasteiger partial charge in [0.25, 0.3) is 15.9 Å². The number of halogens is 5. The maximum atomic E-state index is 12.7. The third kappa shape index (κ3) is 4.07. The molecule has 1 saturated heterocycles. The number of pyridine rings is 1. The molecular formula is C16H8Cl2F3N3O4S. The lowest BCUT2D eigenvalue weighted by Crippen LogP contribution is -2.36. The van der Waals surface area contributed by atoms with Gasteiger partial charge in [0.05, 0.1) is 21.2 Å². The van der Waals surface area contributed by atoms with Gasteiger partial charge in [0.1, 0.15) is 5.70 Å². The Morgan fingerprint density at radius 2 is 1.72 bits per heavy atom. The van der Waals surface area contributed by atoms with Crippen LogP contribution in [0.2, 0.25) is 10.0 Å². The average molecular weight is 466 g/mol. The molecule has 1 aromatic heterocycles. The van der Waals surface area contributed by atoms with E-state index in [-0.39, 0.29) is 19.9 Å². The fraction of sp³-hybridized carbons (Fsp3) is 0.0625. The van der Waals surface area contributed by atoms with E-state index in [0.717, 1.165) is 18.2 Å². The number of hydrogen-bond donors (Lipinski definition) is 1. The predicted molar refractivity (Wildman–Crippen MR) is 96.2 cm³/mol.